The zero-order valence-electron chi connectivity index (χ0n) is 15.2. The van der Waals surface area contributed by atoms with Gasteiger partial charge < -0.3 is 10.2 Å². The number of rotatable bonds is 5. The second-order valence-electron chi connectivity index (χ2n) is 8.64. The summed E-state index contributed by atoms with van der Waals surface area (Å²) >= 11 is 0. The quantitative estimate of drug-likeness (QED) is 0.813. The van der Waals surface area contributed by atoms with Crippen molar-refractivity contribution in [3.63, 3.8) is 0 Å². The van der Waals surface area contributed by atoms with Gasteiger partial charge in [-0.3, -0.25) is 0 Å². The minimum Gasteiger partial charge on any atom is -0.313 e. The highest BCUT2D eigenvalue weighted by Crippen LogP contribution is 2.40. The highest BCUT2D eigenvalue weighted by molar-refractivity contribution is 4.95. The lowest BCUT2D eigenvalue weighted by Gasteiger charge is -2.47. The van der Waals surface area contributed by atoms with Crippen molar-refractivity contribution >= 4 is 0 Å². The summed E-state index contributed by atoms with van der Waals surface area (Å²) in [4.78, 5) is 2.76. The molecule has 0 aromatic rings. The molecule has 0 radical (unpaired) electrons. The molecule has 1 saturated carbocycles. The van der Waals surface area contributed by atoms with Crippen LogP contribution in [0.5, 0.6) is 0 Å². The maximum absolute atomic E-state index is 3.82. The van der Waals surface area contributed by atoms with Crippen LogP contribution in [0.2, 0.25) is 0 Å². The fraction of sp³-hybridized carbons (Fsp3) is 1.00. The summed E-state index contributed by atoms with van der Waals surface area (Å²) in [5.41, 5.74) is 1.08. The molecule has 0 spiro atoms. The molecule has 1 aliphatic carbocycles. The van der Waals surface area contributed by atoms with Gasteiger partial charge in [-0.1, -0.05) is 47.5 Å². The van der Waals surface area contributed by atoms with Gasteiger partial charge in [-0.05, 0) is 62.1 Å². The molecule has 2 heteroatoms. The summed E-state index contributed by atoms with van der Waals surface area (Å²) in [6, 6.07) is 0.704. The van der Waals surface area contributed by atoms with E-state index in [1.54, 1.807) is 0 Å². The van der Waals surface area contributed by atoms with Gasteiger partial charge in [0.05, 0.1) is 0 Å². The van der Waals surface area contributed by atoms with Crippen LogP contribution in [0, 0.1) is 16.7 Å². The number of hydrogen-bond acceptors (Lipinski definition) is 2. The van der Waals surface area contributed by atoms with Crippen molar-refractivity contribution in [1.29, 1.82) is 0 Å². The van der Waals surface area contributed by atoms with Crippen LogP contribution < -0.4 is 5.32 Å². The van der Waals surface area contributed by atoms with Crippen LogP contribution in [0.1, 0.15) is 73.1 Å². The van der Waals surface area contributed by atoms with E-state index in [2.05, 4.69) is 44.8 Å². The fourth-order valence-electron chi connectivity index (χ4n) is 4.60. The van der Waals surface area contributed by atoms with Gasteiger partial charge in [0.1, 0.15) is 0 Å². The van der Waals surface area contributed by atoms with E-state index in [1.807, 2.05) is 0 Å². The minimum atomic E-state index is 0.465. The third kappa shape index (κ3) is 4.22. The lowest BCUT2D eigenvalue weighted by atomic mass is 9.67. The van der Waals surface area contributed by atoms with Crippen LogP contribution >= 0.6 is 0 Å². The largest absolute Gasteiger partial charge is 0.313 e. The molecule has 2 unspecified atom stereocenters. The van der Waals surface area contributed by atoms with Gasteiger partial charge in [0.15, 0.2) is 0 Å². The average molecular weight is 295 g/mol. The van der Waals surface area contributed by atoms with Crippen LogP contribution in [0.25, 0.3) is 0 Å². The molecular formula is C19H38N2. The van der Waals surface area contributed by atoms with Gasteiger partial charge in [0, 0.05) is 12.6 Å². The Morgan fingerprint density at radius 3 is 2.29 bits per heavy atom. The Labute approximate surface area is 133 Å². The molecule has 124 valence electrons. The van der Waals surface area contributed by atoms with Crippen molar-refractivity contribution in [3.05, 3.63) is 0 Å². The van der Waals surface area contributed by atoms with Crippen LogP contribution in [0.3, 0.4) is 0 Å². The third-order valence-electron chi connectivity index (χ3n) is 6.54. The Morgan fingerprint density at radius 1 is 1.05 bits per heavy atom. The molecule has 1 heterocycles. The standard InChI is InChI=1S/C19H38N2/c1-6-19(5)11-13-21(14-12-19)15-16-9-8-10-18(3,4)17(16)20-7-2/h16-17,20H,6-15H2,1-5H3. The van der Waals surface area contributed by atoms with Crippen molar-refractivity contribution in [2.45, 2.75) is 79.2 Å². The van der Waals surface area contributed by atoms with Gasteiger partial charge in [-0.25, -0.2) is 0 Å². The maximum Gasteiger partial charge on any atom is 0.0159 e. The monoisotopic (exact) mass is 294 g/mol. The molecule has 21 heavy (non-hydrogen) atoms. The molecule has 2 atom stereocenters. The normalized spacial score (nSPS) is 33.0. The number of nitrogens with zero attached hydrogens (tertiary/aromatic N) is 1. The van der Waals surface area contributed by atoms with Crippen molar-refractivity contribution in [2.75, 3.05) is 26.2 Å². The van der Waals surface area contributed by atoms with Gasteiger partial charge in [-0.2, -0.15) is 0 Å². The summed E-state index contributed by atoms with van der Waals surface area (Å²) in [5.74, 6) is 0.847. The third-order valence-corrected chi connectivity index (χ3v) is 6.54. The zero-order valence-corrected chi connectivity index (χ0v) is 15.2. The van der Waals surface area contributed by atoms with E-state index in [0.29, 0.717) is 16.9 Å². The van der Waals surface area contributed by atoms with Crippen LogP contribution in [0.4, 0.5) is 0 Å². The topological polar surface area (TPSA) is 15.3 Å². The van der Waals surface area contributed by atoms with Gasteiger partial charge in [0.25, 0.3) is 0 Å². The molecule has 2 rings (SSSR count). The summed E-state index contributed by atoms with van der Waals surface area (Å²) in [5, 5.41) is 3.82. The first-order valence-electron chi connectivity index (χ1n) is 9.36. The Bertz CT molecular complexity index is 316. The first kappa shape index (κ1) is 17.3. The smallest absolute Gasteiger partial charge is 0.0159 e. The zero-order chi connectivity index (χ0) is 15.5. The van der Waals surface area contributed by atoms with Crippen molar-refractivity contribution in [1.82, 2.24) is 10.2 Å². The van der Waals surface area contributed by atoms with Crippen molar-refractivity contribution in [3.8, 4) is 0 Å². The number of piperidine rings is 1. The highest BCUT2D eigenvalue weighted by atomic mass is 15.1. The summed E-state index contributed by atoms with van der Waals surface area (Å²) < 4.78 is 0. The Balaban J connectivity index is 1.92. The Morgan fingerprint density at radius 2 is 1.71 bits per heavy atom. The number of hydrogen-bond donors (Lipinski definition) is 1. The first-order chi connectivity index (χ1) is 9.90. The van der Waals surface area contributed by atoms with E-state index in [1.165, 1.54) is 58.2 Å². The second-order valence-corrected chi connectivity index (χ2v) is 8.64. The van der Waals surface area contributed by atoms with E-state index >= 15 is 0 Å². The molecule has 0 aromatic heterocycles. The van der Waals surface area contributed by atoms with Gasteiger partial charge in [0.2, 0.25) is 0 Å². The summed E-state index contributed by atoms with van der Waals surface area (Å²) in [6.07, 6.45) is 8.35. The molecule has 1 saturated heterocycles. The molecule has 2 fully saturated rings. The highest BCUT2D eigenvalue weighted by Gasteiger charge is 2.39. The SMILES string of the molecule is CCNC1C(CN2CCC(C)(CC)CC2)CCCC1(C)C. The molecular weight excluding hydrogens is 256 g/mol. The lowest BCUT2D eigenvalue weighted by Crippen LogP contribution is -2.53. The molecule has 0 bridgehead atoms. The second kappa shape index (κ2) is 7.00. The molecule has 0 amide bonds. The predicted molar refractivity (Wildman–Crippen MR) is 92.7 cm³/mol. The van der Waals surface area contributed by atoms with Gasteiger partial charge in [-0.15, -0.1) is 0 Å². The Hall–Kier alpha value is -0.0800. The number of nitrogens with one attached hydrogen (secondary N) is 1. The van der Waals surface area contributed by atoms with E-state index in [4.69, 9.17) is 0 Å². The average Bonchev–Trinajstić information content (AvgIpc) is 2.45. The molecule has 1 N–H and O–H groups in total. The van der Waals surface area contributed by atoms with Crippen LogP contribution in [-0.2, 0) is 0 Å². The van der Waals surface area contributed by atoms with Crippen molar-refractivity contribution in [2.24, 2.45) is 16.7 Å². The molecule has 2 aliphatic rings. The van der Waals surface area contributed by atoms with Gasteiger partial charge >= 0.3 is 0 Å². The minimum absolute atomic E-state index is 0.465. The maximum atomic E-state index is 3.82. The number of likely N-dealkylation sites (tertiary alicyclic amines) is 1. The van der Waals surface area contributed by atoms with E-state index in [0.717, 1.165) is 12.5 Å². The Kier molecular flexibility index (Phi) is 5.76. The van der Waals surface area contributed by atoms with E-state index < -0.39 is 0 Å². The molecule has 1 aliphatic heterocycles. The fourth-order valence-corrected chi connectivity index (χ4v) is 4.60. The lowest BCUT2D eigenvalue weighted by molar-refractivity contribution is 0.0513. The van der Waals surface area contributed by atoms with Crippen LogP contribution in [-0.4, -0.2) is 37.1 Å². The van der Waals surface area contributed by atoms with Crippen LogP contribution in [0.15, 0.2) is 0 Å². The van der Waals surface area contributed by atoms with E-state index in [-0.39, 0.29) is 0 Å². The summed E-state index contributed by atoms with van der Waals surface area (Å²) in [6.45, 7) is 17.1. The predicted octanol–water partition coefficient (Wildman–Crippen LogP) is 4.30. The molecule has 2 nitrogen and oxygen atoms in total. The summed E-state index contributed by atoms with van der Waals surface area (Å²) in [7, 11) is 0. The first-order valence-corrected chi connectivity index (χ1v) is 9.36. The molecule has 0 aromatic carbocycles. The van der Waals surface area contributed by atoms with E-state index in [9.17, 15) is 0 Å². The van der Waals surface area contributed by atoms with Crippen molar-refractivity contribution < 1.29 is 0 Å².